The van der Waals surface area contributed by atoms with E-state index in [1.54, 1.807) is 6.08 Å². The molecule has 4 N–H and O–H groups in total. The Labute approximate surface area is 115 Å². The van der Waals surface area contributed by atoms with E-state index in [1.807, 2.05) is 0 Å². The zero-order valence-corrected chi connectivity index (χ0v) is 11.9. The Balaban J connectivity index is 4.01. The first-order valence-electron chi connectivity index (χ1n) is 6.74. The molecule has 5 heteroatoms. The van der Waals surface area contributed by atoms with Gasteiger partial charge in [-0.3, -0.25) is 9.59 Å². The average Bonchev–Trinajstić information content (AvgIpc) is 2.32. The van der Waals surface area contributed by atoms with Crippen LogP contribution in [0.4, 0.5) is 0 Å². The molecule has 0 bridgehead atoms. The highest BCUT2D eigenvalue weighted by molar-refractivity contribution is 5.81. The Morgan fingerprint density at radius 1 is 1.37 bits per heavy atom. The van der Waals surface area contributed by atoms with Gasteiger partial charge in [0.05, 0.1) is 6.04 Å². The summed E-state index contributed by atoms with van der Waals surface area (Å²) in [5.74, 6) is -0.256. The van der Waals surface area contributed by atoms with Crippen molar-refractivity contribution < 1.29 is 14.7 Å². The number of carbonyl (C=O) groups is 2. The number of carbonyl (C=O) groups excluding carboxylic acids is 1. The molecule has 0 heterocycles. The van der Waals surface area contributed by atoms with Crippen molar-refractivity contribution in [3.05, 3.63) is 12.7 Å². The van der Waals surface area contributed by atoms with Crippen molar-refractivity contribution in [3.63, 3.8) is 0 Å². The van der Waals surface area contributed by atoms with Crippen molar-refractivity contribution in [3.8, 4) is 0 Å². The van der Waals surface area contributed by atoms with Crippen LogP contribution in [0.1, 0.15) is 39.5 Å². The molecule has 0 aromatic rings. The summed E-state index contributed by atoms with van der Waals surface area (Å²) >= 11 is 0. The lowest BCUT2D eigenvalue weighted by atomic mass is 9.88. The molecule has 0 fully saturated rings. The van der Waals surface area contributed by atoms with Crippen LogP contribution in [0.3, 0.4) is 0 Å². The van der Waals surface area contributed by atoms with Gasteiger partial charge in [-0.1, -0.05) is 19.9 Å². The number of carboxylic acids is 1. The normalized spacial score (nSPS) is 13.9. The largest absolute Gasteiger partial charge is 0.481 e. The van der Waals surface area contributed by atoms with Crippen molar-refractivity contribution in [2.24, 2.45) is 17.6 Å². The van der Waals surface area contributed by atoms with Gasteiger partial charge in [0.1, 0.15) is 0 Å². The third kappa shape index (κ3) is 8.37. The third-order valence-corrected chi connectivity index (χ3v) is 3.24. The molecule has 19 heavy (non-hydrogen) atoms. The Bertz CT molecular complexity index is 303. The first-order chi connectivity index (χ1) is 8.88. The Kier molecular flexibility index (Phi) is 8.87. The maximum Gasteiger partial charge on any atom is 0.303 e. The Hall–Kier alpha value is -1.36. The number of nitrogens with two attached hydrogens (primary N) is 1. The summed E-state index contributed by atoms with van der Waals surface area (Å²) in [7, 11) is 0. The molecule has 0 aliphatic heterocycles. The minimum absolute atomic E-state index is 0.173. The van der Waals surface area contributed by atoms with Crippen LogP contribution in [0.15, 0.2) is 12.7 Å². The van der Waals surface area contributed by atoms with E-state index in [0.717, 1.165) is 6.42 Å². The summed E-state index contributed by atoms with van der Waals surface area (Å²) in [5, 5.41) is 11.5. The standard InChI is InChI=1S/C14H26N2O3/c1-4-5-12(15)14(19)16-9-8-11(10(2)3)6-7-13(17)18/h4,10-12H,1,5-9,15H2,2-3H3,(H,16,19)(H,17,18). The molecule has 0 rings (SSSR count). The van der Waals surface area contributed by atoms with E-state index in [4.69, 9.17) is 10.8 Å². The lowest BCUT2D eigenvalue weighted by molar-refractivity contribution is -0.137. The highest BCUT2D eigenvalue weighted by Crippen LogP contribution is 2.20. The first-order valence-corrected chi connectivity index (χ1v) is 6.74. The van der Waals surface area contributed by atoms with Gasteiger partial charge in [0.2, 0.25) is 5.91 Å². The SMILES string of the molecule is C=CCC(N)C(=O)NCCC(CCC(=O)O)C(C)C. The van der Waals surface area contributed by atoms with Gasteiger partial charge < -0.3 is 16.2 Å². The fourth-order valence-corrected chi connectivity index (χ4v) is 1.92. The maximum absolute atomic E-state index is 11.6. The number of aliphatic carboxylic acids is 1. The minimum Gasteiger partial charge on any atom is -0.481 e. The van der Waals surface area contributed by atoms with E-state index in [0.29, 0.717) is 31.2 Å². The number of nitrogens with one attached hydrogen (secondary N) is 1. The summed E-state index contributed by atoms with van der Waals surface area (Å²) in [4.78, 5) is 22.1. The second-order valence-corrected chi connectivity index (χ2v) is 5.15. The highest BCUT2D eigenvalue weighted by Gasteiger charge is 2.16. The van der Waals surface area contributed by atoms with Gasteiger partial charge in [-0.25, -0.2) is 0 Å². The van der Waals surface area contributed by atoms with Crippen molar-refractivity contribution in [1.29, 1.82) is 0 Å². The van der Waals surface area contributed by atoms with Gasteiger partial charge in [0.15, 0.2) is 0 Å². The van der Waals surface area contributed by atoms with E-state index >= 15 is 0 Å². The van der Waals surface area contributed by atoms with Gasteiger partial charge in [0, 0.05) is 13.0 Å². The molecule has 0 aromatic heterocycles. The van der Waals surface area contributed by atoms with Crippen LogP contribution >= 0.6 is 0 Å². The van der Waals surface area contributed by atoms with Crippen molar-refractivity contribution in [2.75, 3.05) is 6.54 Å². The Morgan fingerprint density at radius 3 is 2.47 bits per heavy atom. The average molecular weight is 270 g/mol. The molecule has 0 aromatic carbocycles. The molecule has 0 aliphatic carbocycles. The second kappa shape index (κ2) is 9.55. The summed E-state index contributed by atoms with van der Waals surface area (Å²) in [6.07, 6.45) is 3.67. The summed E-state index contributed by atoms with van der Waals surface area (Å²) in [5.41, 5.74) is 5.64. The molecule has 110 valence electrons. The molecule has 2 unspecified atom stereocenters. The molecule has 2 atom stereocenters. The lowest BCUT2D eigenvalue weighted by Crippen LogP contribution is -2.41. The molecule has 0 aliphatic rings. The van der Waals surface area contributed by atoms with Crippen LogP contribution in [0.25, 0.3) is 0 Å². The van der Waals surface area contributed by atoms with E-state index < -0.39 is 12.0 Å². The number of carboxylic acid groups (broad SMARTS) is 1. The topological polar surface area (TPSA) is 92.4 Å². The molecule has 5 nitrogen and oxygen atoms in total. The van der Waals surface area contributed by atoms with Crippen LogP contribution in [0.5, 0.6) is 0 Å². The zero-order valence-electron chi connectivity index (χ0n) is 11.9. The number of hydrogen-bond acceptors (Lipinski definition) is 3. The summed E-state index contributed by atoms with van der Waals surface area (Å²) in [6, 6.07) is -0.547. The predicted octanol–water partition coefficient (Wildman–Crippen LogP) is 1.53. The van der Waals surface area contributed by atoms with Crippen LogP contribution in [0.2, 0.25) is 0 Å². The quantitative estimate of drug-likeness (QED) is 0.525. The van der Waals surface area contributed by atoms with Crippen molar-refractivity contribution >= 4 is 11.9 Å². The molecule has 0 saturated carbocycles. The van der Waals surface area contributed by atoms with Crippen LogP contribution in [0, 0.1) is 11.8 Å². The third-order valence-electron chi connectivity index (χ3n) is 3.24. The van der Waals surface area contributed by atoms with Gasteiger partial charge in [-0.05, 0) is 31.1 Å². The maximum atomic E-state index is 11.6. The monoisotopic (exact) mass is 270 g/mol. The smallest absolute Gasteiger partial charge is 0.303 e. The van der Waals surface area contributed by atoms with E-state index in [1.165, 1.54) is 0 Å². The minimum atomic E-state index is -0.775. The fraction of sp³-hybridized carbons (Fsp3) is 0.714. The predicted molar refractivity (Wildman–Crippen MR) is 75.6 cm³/mol. The lowest BCUT2D eigenvalue weighted by Gasteiger charge is -2.20. The molecule has 0 saturated heterocycles. The van der Waals surface area contributed by atoms with Gasteiger partial charge in [-0.15, -0.1) is 6.58 Å². The van der Waals surface area contributed by atoms with Gasteiger partial charge >= 0.3 is 5.97 Å². The molecule has 0 spiro atoms. The van der Waals surface area contributed by atoms with Crippen molar-refractivity contribution in [1.82, 2.24) is 5.32 Å². The second-order valence-electron chi connectivity index (χ2n) is 5.15. The van der Waals surface area contributed by atoms with E-state index in [2.05, 4.69) is 25.7 Å². The number of amides is 1. The molecular formula is C14H26N2O3. The Morgan fingerprint density at radius 2 is 2.00 bits per heavy atom. The number of hydrogen-bond donors (Lipinski definition) is 3. The fourth-order valence-electron chi connectivity index (χ4n) is 1.92. The molecular weight excluding hydrogens is 244 g/mol. The molecule has 0 radical (unpaired) electrons. The summed E-state index contributed by atoms with van der Waals surface area (Å²) in [6.45, 7) is 8.21. The summed E-state index contributed by atoms with van der Waals surface area (Å²) < 4.78 is 0. The van der Waals surface area contributed by atoms with Crippen LogP contribution in [-0.2, 0) is 9.59 Å². The van der Waals surface area contributed by atoms with Gasteiger partial charge in [-0.2, -0.15) is 0 Å². The highest BCUT2D eigenvalue weighted by atomic mass is 16.4. The van der Waals surface area contributed by atoms with Crippen LogP contribution < -0.4 is 11.1 Å². The molecule has 1 amide bonds. The van der Waals surface area contributed by atoms with E-state index in [9.17, 15) is 9.59 Å². The van der Waals surface area contributed by atoms with Gasteiger partial charge in [0.25, 0.3) is 0 Å². The number of rotatable bonds is 10. The zero-order chi connectivity index (χ0) is 14.8. The van der Waals surface area contributed by atoms with Crippen LogP contribution in [-0.4, -0.2) is 29.6 Å². The first kappa shape index (κ1) is 17.6. The van der Waals surface area contributed by atoms with E-state index in [-0.39, 0.29) is 12.3 Å². The van der Waals surface area contributed by atoms with Crippen molar-refractivity contribution in [2.45, 2.75) is 45.6 Å².